The van der Waals surface area contributed by atoms with E-state index in [-0.39, 0.29) is 18.8 Å². The zero-order valence-corrected chi connectivity index (χ0v) is 27.0. The first kappa shape index (κ1) is 34.7. The number of primary amides is 1. The standard InChI is InChI=1S/C32H43N3O8S/c1-7-9-11-20-24(36)25(23-19-15-14-18-22(23)21-16-12-10-13-17-21)32(31(5,43-32)28(33)38)35-27(37)26(34-29(39)42-8-2)30(3,4)44(6,40)41/h10,12-19,25-26H,7-9,11,20H2,1-6H3,(H2,33,38)(H,34,39)(H,35,37)/t25?,26-,31-,32+/m1/s1. The summed E-state index contributed by atoms with van der Waals surface area (Å²) in [6.45, 7) is 7.47. The van der Waals surface area contributed by atoms with Crippen LogP contribution in [0.1, 0.15) is 71.8 Å². The SMILES string of the molecule is CCCCCC(=O)C(c1ccccc1-c1ccccc1)[C@]1(NC(=O)[C@@H](NC(=O)OCC)C(C)(C)S(C)(=O)=O)O[C@]1(C)C(N)=O. The fraction of sp³-hybridized carbons (Fsp3) is 0.500. The molecule has 240 valence electrons. The van der Waals surface area contributed by atoms with E-state index >= 15 is 0 Å². The fourth-order valence-electron chi connectivity index (χ4n) is 5.34. The maximum absolute atomic E-state index is 14.2. The number of amides is 3. The highest BCUT2D eigenvalue weighted by Crippen LogP contribution is 2.56. The van der Waals surface area contributed by atoms with Gasteiger partial charge in [0.2, 0.25) is 5.91 Å². The van der Waals surface area contributed by atoms with Crippen molar-refractivity contribution in [1.29, 1.82) is 0 Å². The van der Waals surface area contributed by atoms with Gasteiger partial charge < -0.3 is 25.8 Å². The molecule has 1 aliphatic heterocycles. The highest BCUT2D eigenvalue weighted by atomic mass is 32.2. The third-order valence-corrected chi connectivity index (χ3v) is 10.5. The van der Waals surface area contributed by atoms with Crippen molar-refractivity contribution in [1.82, 2.24) is 10.6 Å². The van der Waals surface area contributed by atoms with Crippen LogP contribution in [0.25, 0.3) is 11.1 Å². The summed E-state index contributed by atoms with van der Waals surface area (Å²) in [5.41, 5.74) is 3.92. The van der Waals surface area contributed by atoms with E-state index < -0.39 is 55.8 Å². The maximum atomic E-state index is 14.2. The molecule has 44 heavy (non-hydrogen) atoms. The summed E-state index contributed by atoms with van der Waals surface area (Å²) in [6, 6.07) is 14.7. The molecule has 3 rings (SSSR count). The first-order valence-corrected chi connectivity index (χ1v) is 16.6. The van der Waals surface area contributed by atoms with E-state index in [1.165, 1.54) is 20.8 Å². The average molecular weight is 630 g/mol. The monoisotopic (exact) mass is 629 g/mol. The molecule has 1 saturated heterocycles. The van der Waals surface area contributed by atoms with Crippen LogP contribution in [0.4, 0.5) is 4.79 Å². The maximum Gasteiger partial charge on any atom is 0.407 e. The minimum atomic E-state index is -3.96. The van der Waals surface area contributed by atoms with Crippen molar-refractivity contribution in [3.63, 3.8) is 0 Å². The molecule has 0 spiro atoms. The largest absolute Gasteiger partial charge is 0.450 e. The van der Waals surface area contributed by atoms with Gasteiger partial charge in [-0.25, -0.2) is 13.2 Å². The summed E-state index contributed by atoms with van der Waals surface area (Å²) in [6.07, 6.45) is 2.24. The van der Waals surface area contributed by atoms with E-state index in [0.29, 0.717) is 17.5 Å². The molecule has 2 aromatic rings. The van der Waals surface area contributed by atoms with Gasteiger partial charge in [0, 0.05) is 12.7 Å². The summed E-state index contributed by atoms with van der Waals surface area (Å²) in [5, 5.41) is 5.05. The topological polar surface area (TPSA) is 174 Å². The Morgan fingerprint density at radius 1 is 1.00 bits per heavy atom. The Kier molecular flexibility index (Phi) is 10.6. The first-order valence-electron chi connectivity index (χ1n) is 14.7. The molecule has 1 fully saturated rings. The molecule has 1 heterocycles. The Morgan fingerprint density at radius 3 is 2.16 bits per heavy atom. The van der Waals surface area contributed by atoms with Gasteiger partial charge in [0.1, 0.15) is 11.8 Å². The summed E-state index contributed by atoms with van der Waals surface area (Å²) in [5.74, 6) is -3.45. The minimum absolute atomic E-state index is 0.0309. The molecule has 1 aliphatic rings. The molecule has 11 nitrogen and oxygen atoms in total. The van der Waals surface area contributed by atoms with Crippen molar-refractivity contribution in [3.05, 3.63) is 60.2 Å². The number of ketones is 1. The second-order valence-corrected chi connectivity index (χ2v) is 14.3. The van der Waals surface area contributed by atoms with Gasteiger partial charge in [0.15, 0.2) is 21.2 Å². The van der Waals surface area contributed by atoms with Crippen molar-refractivity contribution in [2.45, 2.75) is 88.3 Å². The molecule has 4 N–H and O–H groups in total. The number of alkyl carbamates (subject to hydrolysis) is 1. The minimum Gasteiger partial charge on any atom is -0.450 e. The van der Waals surface area contributed by atoms with E-state index in [0.717, 1.165) is 24.7 Å². The molecular formula is C32H43N3O8S. The van der Waals surface area contributed by atoms with Crippen molar-refractivity contribution >= 4 is 33.5 Å². The van der Waals surface area contributed by atoms with E-state index in [2.05, 4.69) is 10.6 Å². The molecular weight excluding hydrogens is 586 g/mol. The van der Waals surface area contributed by atoms with Gasteiger partial charge in [0.25, 0.3) is 5.91 Å². The van der Waals surface area contributed by atoms with Crippen LogP contribution in [0, 0.1) is 0 Å². The summed E-state index contributed by atoms with van der Waals surface area (Å²) >= 11 is 0. The van der Waals surface area contributed by atoms with Crippen LogP contribution in [-0.4, -0.2) is 67.1 Å². The van der Waals surface area contributed by atoms with E-state index in [1.807, 2.05) is 49.4 Å². The lowest BCUT2D eigenvalue weighted by Gasteiger charge is -2.35. The van der Waals surface area contributed by atoms with E-state index in [1.54, 1.807) is 19.1 Å². The predicted molar refractivity (Wildman–Crippen MR) is 166 cm³/mol. The number of epoxide rings is 1. The van der Waals surface area contributed by atoms with Gasteiger partial charge in [0.05, 0.1) is 17.3 Å². The van der Waals surface area contributed by atoms with Crippen LogP contribution in [0.2, 0.25) is 0 Å². The number of hydrogen-bond donors (Lipinski definition) is 3. The number of hydrogen-bond acceptors (Lipinski definition) is 8. The van der Waals surface area contributed by atoms with Gasteiger partial charge in [-0.2, -0.15) is 0 Å². The molecule has 1 unspecified atom stereocenters. The quantitative estimate of drug-likeness (QED) is 0.198. The van der Waals surface area contributed by atoms with Crippen molar-refractivity contribution < 1.29 is 37.1 Å². The van der Waals surface area contributed by atoms with Crippen molar-refractivity contribution in [2.75, 3.05) is 12.9 Å². The molecule has 4 atom stereocenters. The van der Waals surface area contributed by atoms with Crippen LogP contribution >= 0.6 is 0 Å². The van der Waals surface area contributed by atoms with Crippen LogP contribution in [0.15, 0.2) is 54.6 Å². The van der Waals surface area contributed by atoms with Gasteiger partial charge >= 0.3 is 6.09 Å². The zero-order valence-electron chi connectivity index (χ0n) is 26.1. The number of unbranched alkanes of at least 4 members (excludes halogenated alkanes) is 2. The van der Waals surface area contributed by atoms with Gasteiger partial charge in [-0.15, -0.1) is 0 Å². The second kappa shape index (κ2) is 13.5. The Morgan fingerprint density at radius 2 is 1.61 bits per heavy atom. The molecule has 3 amide bonds. The second-order valence-electron chi connectivity index (χ2n) is 11.7. The molecule has 0 saturated carbocycles. The number of Topliss-reactive ketones (excluding diaryl/α,β-unsaturated/α-hetero) is 1. The lowest BCUT2D eigenvalue weighted by molar-refractivity contribution is -0.128. The zero-order chi connectivity index (χ0) is 32.9. The van der Waals surface area contributed by atoms with Crippen LogP contribution in [-0.2, 0) is 33.7 Å². The Hall–Kier alpha value is -3.77. The highest BCUT2D eigenvalue weighted by Gasteiger charge is 2.77. The van der Waals surface area contributed by atoms with Gasteiger partial charge in [-0.3, -0.25) is 14.4 Å². The smallest absolute Gasteiger partial charge is 0.407 e. The van der Waals surface area contributed by atoms with E-state index in [4.69, 9.17) is 15.2 Å². The van der Waals surface area contributed by atoms with Crippen molar-refractivity contribution in [2.24, 2.45) is 5.73 Å². The normalized spacial score (nSPS) is 21.0. The number of nitrogens with two attached hydrogens (primary N) is 1. The third-order valence-electron chi connectivity index (χ3n) is 8.37. The summed E-state index contributed by atoms with van der Waals surface area (Å²) < 4.78 is 34.8. The predicted octanol–water partition coefficient (Wildman–Crippen LogP) is 3.61. The third kappa shape index (κ3) is 6.81. The highest BCUT2D eigenvalue weighted by molar-refractivity contribution is 7.92. The molecule has 12 heteroatoms. The summed E-state index contributed by atoms with van der Waals surface area (Å²) in [4.78, 5) is 53.7. The van der Waals surface area contributed by atoms with Crippen LogP contribution in [0.3, 0.4) is 0 Å². The number of carbonyl (C=O) groups is 4. The molecule has 0 aliphatic carbocycles. The molecule has 0 aromatic heterocycles. The number of nitrogens with one attached hydrogen (secondary N) is 2. The molecule has 0 radical (unpaired) electrons. The number of rotatable bonds is 15. The fourth-order valence-corrected chi connectivity index (χ4v) is 5.93. The van der Waals surface area contributed by atoms with Gasteiger partial charge in [-0.1, -0.05) is 74.4 Å². The number of ether oxygens (including phenoxy) is 2. The molecule has 2 aromatic carbocycles. The number of sulfone groups is 1. The molecule has 0 bridgehead atoms. The van der Waals surface area contributed by atoms with Crippen LogP contribution in [0.5, 0.6) is 0 Å². The van der Waals surface area contributed by atoms with E-state index in [9.17, 15) is 27.6 Å². The van der Waals surface area contributed by atoms with Gasteiger partial charge in [-0.05, 0) is 50.8 Å². The Labute approximate surface area is 259 Å². The lowest BCUT2D eigenvalue weighted by Crippen LogP contribution is -2.64. The van der Waals surface area contributed by atoms with Crippen molar-refractivity contribution in [3.8, 4) is 11.1 Å². The summed E-state index contributed by atoms with van der Waals surface area (Å²) in [7, 11) is -3.96. The van der Waals surface area contributed by atoms with Crippen LogP contribution < -0.4 is 16.4 Å². The Balaban J connectivity index is 2.23. The lowest BCUT2D eigenvalue weighted by atomic mass is 9.77. The average Bonchev–Trinajstić information content (AvgIpc) is 3.56. The number of carbonyl (C=O) groups excluding carboxylic acids is 4. The first-order chi connectivity index (χ1) is 20.6. The number of benzene rings is 2. The Bertz CT molecular complexity index is 1490.